The van der Waals surface area contributed by atoms with Crippen LogP contribution in [-0.2, 0) is 16.1 Å². The Kier molecular flexibility index (Phi) is 8.74. The van der Waals surface area contributed by atoms with Gasteiger partial charge in [-0.25, -0.2) is 0 Å². The monoisotopic (exact) mass is 523 g/mol. The zero-order valence-electron chi connectivity index (χ0n) is 22.4. The lowest BCUT2D eigenvalue weighted by Crippen LogP contribution is -2.70. The SMILES string of the molecule is C=C(C)CC1(C(=O)O)C(C)NC(C)C(CCN(C)Cc2ccccc2)(C(=O)O)C1c1cccc([N+](=O)[O-])c1. The molecule has 3 N–H and O–H groups in total. The van der Waals surface area contributed by atoms with Crippen molar-refractivity contribution in [2.75, 3.05) is 13.6 Å². The highest BCUT2D eigenvalue weighted by atomic mass is 16.6. The average molecular weight is 524 g/mol. The maximum atomic E-state index is 13.4. The van der Waals surface area contributed by atoms with Crippen molar-refractivity contribution in [1.29, 1.82) is 0 Å². The minimum atomic E-state index is -1.61. The highest BCUT2D eigenvalue weighted by Crippen LogP contribution is 2.59. The molecule has 0 radical (unpaired) electrons. The highest BCUT2D eigenvalue weighted by molar-refractivity contribution is 5.84. The third kappa shape index (κ3) is 5.35. The van der Waals surface area contributed by atoms with Crippen LogP contribution in [-0.4, -0.2) is 57.7 Å². The number of carboxylic acid groups (broad SMARTS) is 2. The molecule has 9 nitrogen and oxygen atoms in total. The summed E-state index contributed by atoms with van der Waals surface area (Å²) in [7, 11) is 1.90. The number of aliphatic carboxylic acids is 2. The summed E-state index contributed by atoms with van der Waals surface area (Å²) in [5, 5.41) is 36.6. The van der Waals surface area contributed by atoms with E-state index >= 15 is 0 Å². The normalized spacial score (nSPS) is 27.1. The lowest BCUT2D eigenvalue weighted by Gasteiger charge is -2.57. The van der Waals surface area contributed by atoms with Crippen LogP contribution in [0.4, 0.5) is 5.69 Å². The van der Waals surface area contributed by atoms with Gasteiger partial charge in [0.2, 0.25) is 0 Å². The van der Waals surface area contributed by atoms with Gasteiger partial charge in [-0.2, -0.15) is 0 Å². The summed E-state index contributed by atoms with van der Waals surface area (Å²) in [5.74, 6) is -3.37. The molecule has 1 fully saturated rings. The Labute approximate surface area is 223 Å². The second kappa shape index (κ2) is 11.4. The van der Waals surface area contributed by atoms with Crippen LogP contribution in [0.1, 0.15) is 50.7 Å². The van der Waals surface area contributed by atoms with E-state index in [4.69, 9.17) is 0 Å². The van der Waals surface area contributed by atoms with Gasteiger partial charge in [0.05, 0.1) is 15.8 Å². The molecule has 0 aromatic heterocycles. The van der Waals surface area contributed by atoms with E-state index in [0.717, 1.165) is 5.56 Å². The summed E-state index contributed by atoms with van der Waals surface area (Å²) in [4.78, 5) is 39.7. The molecule has 0 aliphatic carbocycles. The van der Waals surface area contributed by atoms with Gasteiger partial charge in [0.1, 0.15) is 0 Å². The standard InChI is InChI=1S/C29H37N3O6/c1-19(2)17-29(27(35)36)21(4)30-20(3)28(26(33)34,14-15-31(5)18-22-10-7-6-8-11-22)25(29)23-12-9-13-24(16-23)32(37)38/h6-13,16,20-21,25,30H,1,14-15,17-18H2,2-5H3,(H,33,34)(H,35,36). The second-order valence-electron chi connectivity index (χ2n) is 10.7. The lowest BCUT2D eigenvalue weighted by atomic mass is 9.49. The van der Waals surface area contributed by atoms with Gasteiger partial charge in [0.15, 0.2) is 0 Å². The first-order valence-corrected chi connectivity index (χ1v) is 12.7. The molecule has 1 aliphatic rings. The Bertz CT molecular complexity index is 1200. The van der Waals surface area contributed by atoms with Crippen LogP contribution in [0.5, 0.6) is 0 Å². The van der Waals surface area contributed by atoms with E-state index in [1.54, 1.807) is 26.8 Å². The molecule has 0 saturated carbocycles. The first-order valence-electron chi connectivity index (χ1n) is 12.7. The second-order valence-corrected chi connectivity index (χ2v) is 10.7. The third-order valence-electron chi connectivity index (χ3n) is 8.08. The lowest BCUT2D eigenvalue weighted by molar-refractivity contribution is -0.385. The van der Waals surface area contributed by atoms with E-state index in [9.17, 15) is 29.9 Å². The first kappa shape index (κ1) is 29.0. The smallest absolute Gasteiger partial charge is 0.312 e. The first-order chi connectivity index (χ1) is 17.9. The molecule has 9 heteroatoms. The molecule has 0 bridgehead atoms. The molecule has 5 unspecified atom stereocenters. The number of hydrogen-bond acceptors (Lipinski definition) is 6. The largest absolute Gasteiger partial charge is 0.481 e. The van der Waals surface area contributed by atoms with Gasteiger partial charge in [0.25, 0.3) is 5.69 Å². The van der Waals surface area contributed by atoms with Crippen LogP contribution in [0.15, 0.2) is 66.7 Å². The Hall–Kier alpha value is -3.56. The van der Waals surface area contributed by atoms with E-state index in [1.165, 1.54) is 18.2 Å². The van der Waals surface area contributed by atoms with Gasteiger partial charge in [-0.05, 0) is 58.3 Å². The van der Waals surface area contributed by atoms with Gasteiger partial charge in [-0.15, -0.1) is 6.58 Å². The number of nitrogens with one attached hydrogen (secondary N) is 1. The molecule has 0 amide bonds. The number of rotatable bonds is 11. The molecule has 3 rings (SSSR count). The molecule has 1 aliphatic heterocycles. The summed E-state index contributed by atoms with van der Waals surface area (Å²) in [5.41, 5.74) is -1.41. The number of benzene rings is 2. The fraction of sp³-hybridized carbons (Fsp3) is 0.448. The zero-order chi connectivity index (χ0) is 28.3. The number of piperidine rings is 1. The number of carbonyl (C=O) groups is 2. The zero-order valence-corrected chi connectivity index (χ0v) is 22.4. The van der Waals surface area contributed by atoms with Crippen molar-refractivity contribution in [3.05, 3.63) is 88.0 Å². The number of carboxylic acids is 2. The topological polar surface area (TPSA) is 133 Å². The van der Waals surface area contributed by atoms with Crippen LogP contribution in [0.2, 0.25) is 0 Å². The van der Waals surface area contributed by atoms with Crippen molar-refractivity contribution in [3.8, 4) is 0 Å². The molecule has 38 heavy (non-hydrogen) atoms. The maximum Gasteiger partial charge on any atom is 0.312 e. The van der Waals surface area contributed by atoms with Crippen LogP contribution in [0.3, 0.4) is 0 Å². The molecule has 2 aromatic carbocycles. The summed E-state index contributed by atoms with van der Waals surface area (Å²) in [6, 6.07) is 14.3. The Morgan fingerprint density at radius 2 is 1.66 bits per heavy atom. The van der Waals surface area contributed by atoms with Crippen molar-refractivity contribution in [3.63, 3.8) is 0 Å². The molecule has 0 spiro atoms. The Balaban J connectivity index is 2.21. The molecular weight excluding hydrogens is 486 g/mol. The maximum absolute atomic E-state index is 13.4. The van der Waals surface area contributed by atoms with E-state index in [1.807, 2.05) is 42.3 Å². The fourth-order valence-corrected chi connectivity index (χ4v) is 6.31. The van der Waals surface area contributed by atoms with Crippen molar-refractivity contribution >= 4 is 17.6 Å². The number of nitro benzene ring substituents is 1. The molecule has 204 valence electrons. The minimum Gasteiger partial charge on any atom is -0.481 e. The van der Waals surface area contributed by atoms with Gasteiger partial charge < -0.3 is 20.4 Å². The van der Waals surface area contributed by atoms with Gasteiger partial charge >= 0.3 is 11.9 Å². The third-order valence-corrected chi connectivity index (χ3v) is 8.08. The molecule has 1 heterocycles. The highest BCUT2D eigenvalue weighted by Gasteiger charge is 2.66. The number of allylic oxidation sites excluding steroid dienone is 1. The van der Waals surface area contributed by atoms with Crippen LogP contribution in [0.25, 0.3) is 0 Å². The summed E-state index contributed by atoms with van der Waals surface area (Å²) in [6.07, 6.45) is 0.149. The van der Waals surface area contributed by atoms with Crippen molar-refractivity contribution < 1.29 is 24.7 Å². The van der Waals surface area contributed by atoms with Gasteiger partial charge in [-0.1, -0.05) is 48.0 Å². The molecular formula is C29H37N3O6. The molecule has 5 atom stereocenters. The van der Waals surface area contributed by atoms with E-state index in [-0.39, 0.29) is 18.5 Å². The fourth-order valence-electron chi connectivity index (χ4n) is 6.31. The van der Waals surface area contributed by atoms with Crippen LogP contribution < -0.4 is 5.32 Å². The van der Waals surface area contributed by atoms with Crippen molar-refractivity contribution in [2.24, 2.45) is 10.8 Å². The van der Waals surface area contributed by atoms with Crippen molar-refractivity contribution in [1.82, 2.24) is 10.2 Å². The minimum absolute atomic E-state index is 0.0193. The Morgan fingerprint density at radius 1 is 1.05 bits per heavy atom. The summed E-state index contributed by atoms with van der Waals surface area (Å²) in [6.45, 7) is 10.1. The van der Waals surface area contributed by atoms with E-state index in [2.05, 4.69) is 11.9 Å². The van der Waals surface area contributed by atoms with Crippen LogP contribution >= 0.6 is 0 Å². The number of nitrogens with zero attached hydrogens (tertiary/aromatic N) is 2. The van der Waals surface area contributed by atoms with Gasteiger partial charge in [-0.3, -0.25) is 19.7 Å². The average Bonchev–Trinajstić information content (AvgIpc) is 2.84. The predicted molar refractivity (Wildman–Crippen MR) is 145 cm³/mol. The van der Waals surface area contributed by atoms with Gasteiger partial charge in [0, 0.05) is 36.7 Å². The number of hydrogen-bond donors (Lipinski definition) is 3. The number of nitro groups is 1. The molecule has 2 aromatic rings. The predicted octanol–water partition coefficient (Wildman–Crippen LogP) is 4.69. The molecule has 1 saturated heterocycles. The summed E-state index contributed by atoms with van der Waals surface area (Å²) >= 11 is 0. The number of non-ortho nitro benzene ring substituents is 1. The van der Waals surface area contributed by atoms with E-state index in [0.29, 0.717) is 24.2 Å². The quantitative estimate of drug-likeness (QED) is 0.219. The summed E-state index contributed by atoms with van der Waals surface area (Å²) < 4.78 is 0. The van der Waals surface area contributed by atoms with E-state index < -0.39 is 45.7 Å². The van der Waals surface area contributed by atoms with Crippen LogP contribution in [0, 0.1) is 20.9 Å². The van der Waals surface area contributed by atoms with Crippen molar-refractivity contribution in [2.45, 2.75) is 58.2 Å². The Morgan fingerprint density at radius 3 is 2.21 bits per heavy atom.